The maximum atomic E-state index is 13.0. The van der Waals surface area contributed by atoms with Gasteiger partial charge in [-0.2, -0.15) is 0 Å². The van der Waals surface area contributed by atoms with Crippen LogP contribution >= 0.6 is 0 Å². The molecule has 4 rings (SSSR count). The van der Waals surface area contributed by atoms with Gasteiger partial charge < -0.3 is 14.7 Å². The van der Waals surface area contributed by atoms with E-state index in [0.717, 1.165) is 77.8 Å². The second-order valence-corrected chi connectivity index (χ2v) is 8.73. The first-order valence-electron chi connectivity index (χ1n) is 11.0. The first-order chi connectivity index (χ1) is 13.6. The third kappa shape index (κ3) is 4.18. The molecule has 0 spiro atoms. The van der Waals surface area contributed by atoms with Crippen molar-refractivity contribution in [1.82, 2.24) is 9.80 Å². The summed E-state index contributed by atoms with van der Waals surface area (Å²) < 4.78 is 0. The minimum absolute atomic E-state index is 0.119. The van der Waals surface area contributed by atoms with Gasteiger partial charge in [0.25, 0.3) is 0 Å². The average molecular weight is 384 g/mol. The fourth-order valence-corrected chi connectivity index (χ4v) is 5.05. The van der Waals surface area contributed by atoms with Gasteiger partial charge in [0.1, 0.15) is 0 Å². The van der Waals surface area contributed by atoms with Crippen LogP contribution < -0.4 is 4.90 Å². The molecule has 0 bridgehead atoms. The van der Waals surface area contributed by atoms with Crippen molar-refractivity contribution in [3.63, 3.8) is 0 Å². The summed E-state index contributed by atoms with van der Waals surface area (Å²) in [7, 11) is 0. The highest BCUT2D eigenvalue weighted by molar-refractivity contribution is 5.81. The first kappa shape index (κ1) is 19.3. The molecule has 1 aliphatic carbocycles. The number of benzene rings is 1. The van der Waals surface area contributed by atoms with Gasteiger partial charge >= 0.3 is 0 Å². The fourth-order valence-electron chi connectivity index (χ4n) is 5.05. The quantitative estimate of drug-likeness (QED) is 0.806. The average Bonchev–Trinajstić information content (AvgIpc) is 3.28. The van der Waals surface area contributed by atoms with Crippen LogP contribution in [-0.2, 0) is 9.59 Å². The Kier molecular flexibility index (Phi) is 5.88. The molecule has 5 heteroatoms. The van der Waals surface area contributed by atoms with E-state index in [2.05, 4.69) is 41.0 Å². The summed E-state index contributed by atoms with van der Waals surface area (Å²) in [6, 6.07) is 8.59. The van der Waals surface area contributed by atoms with Crippen LogP contribution in [0.4, 0.5) is 5.69 Å². The summed E-state index contributed by atoms with van der Waals surface area (Å²) in [5.74, 6) is 0.930. The standard InChI is InChI=1S/C23H33N3O2/c1-18-5-4-6-21(17-18)24-13-15-26(16-14-24)23(28)20-9-7-19(8-10-20)22(27)25-11-2-3-12-25/h4-6,17,19-20H,2-3,7-16H2,1H3. The number of hydrogen-bond donors (Lipinski definition) is 0. The van der Waals surface area contributed by atoms with Crippen molar-refractivity contribution in [2.75, 3.05) is 44.2 Å². The Morgan fingerprint density at radius 1 is 0.786 bits per heavy atom. The second-order valence-electron chi connectivity index (χ2n) is 8.73. The van der Waals surface area contributed by atoms with Gasteiger partial charge in [-0.05, 0) is 63.1 Å². The van der Waals surface area contributed by atoms with Gasteiger partial charge in [0.15, 0.2) is 0 Å². The maximum Gasteiger partial charge on any atom is 0.225 e. The number of carbonyl (C=O) groups is 2. The van der Waals surface area contributed by atoms with Crippen LogP contribution in [0.25, 0.3) is 0 Å². The van der Waals surface area contributed by atoms with Crippen molar-refractivity contribution in [3.8, 4) is 0 Å². The van der Waals surface area contributed by atoms with Crippen LogP contribution in [0.1, 0.15) is 44.1 Å². The number of anilines is 1. The Morgan fingerprint density at radius 2 is 1.32 bits per heavy atom. The molecule has 2 saturated heterocycles. The summed E-state index contributed by atoms with van der Waals surface area (Å²) in [6.07, 6.45) is 5.81. The molecule has 0 N–H and O–H groups in total. The minimum Gasteiger partial charge on any atom is -0.368 e. The minimum atomic E-state index is 0.119. The van der Waals surface area contributed by atoms with Crippen LogP contribution in [0.5, 0.6) is 0 Å². The molecule has 152 valence electrons. The van der Waals surface area contributed by atoms with Crippen LogP contribution in [-0.4, -0.2) is 60.9 Å². The monoisotopic (exact) mass is 383 g/mol. The topological polar surface area (TPSA) is 43.9 Å². The van der Waals surface area contributed by atoms with Crippen molar-refractivity contribution in [2.24, 2.45) is 11.8 Å². The molecule has 5 nitrogen and oxygen atoms in total. The van der Waals surface area contributed by atoms with Crippen molar-refractivity contribution in [1.29, 1.82) is 0 Å². The van der Waals surface area contributed by atoms with E-state index in [1.54, 1.807) is 0 Å². The highest BCUT2D eigenvalue weighted by atomic mass is 16.2. The number of nitrogens with zero attached hydrogens (tertiary/aromatic N) is 3. The van der Waals surface area contributed by atoms with Gasteiger partial charge in [-0.25, -0.2) is 0 Å². The number of hydrogen-bond acceptors (Lipinski definition) is 3. The van der Waals surface area contributed by atoms with Gasteiger partial charge in [-0.3, -0.25) is 9.59 Å². The number of likely N-dealkylation sites (tertiary alicyclic amines) is 1. The van der Waals surface area contributed by atoms with Crippen LogP contribution in [0.15, 0.2) is 24.3 Å². The first-order valence-corrected chi connectivity index (χ1v) is 11.0. The number of aryl methyl sites for hydroxylation is 1. The Hall–Kier alpha value is -2.04. The normalized spacial score (nSPS) is 25.8. The molecule has 1 aromatic rings. The highest BCUT2D eigenvalue weighted by Gasteiger charge is 2.35. The fraction of sp³-hybridized carbons (Fsp3) is 0.652. The van der Waals surface area contributed by atoms with Crippen molar-refractivity contribution >= 4 is 17.5 Å². The lowest BCUT2D eigenvalue weighted by atomic mass is 9.80. The zero-order valence-corrected chi connectivity index (χ0v) is 17.1. The molecule has 0 aromatic heterocycles. The van der Waals surface area contributed by atoms with E-state index in [0.29, 0.717) is 11.8 Å². The third-order valence-electron chi connectivity index (χ3n) is 6.80. The van der Waals surface area contributed by atoms with Crippen LogP contribution in [0, 0.1) is 18.8 Å². The summed E-state index contributed by atoms with van der Waals surface area (Å²) in [5.41, 5.74) is 2.53. The Balaban J connectivity index is 1.25. The zero-order valence-electron chi connectivity index (χ0n) is 17.1. The van der Waals surface area contributed by atoms with E-state index in [9.17, 15) is 9.59 Å². The summed E-state index contributed by atoms with van der Waals surface area (Å²) >= 11 is 0. The molecule has 0 radical (unpaired) electrons. The SMILES string of the molecule is Cc1cccc(N2CCN(C(=O)C3CCC(C(=O)N4CCCC4)CC3)CC2)c1. The van der Waals surface area contributed by atoms with Gasteiger partial charge in [-0.1, -0.05) is 12.1 Å². The number of amides is 2. The van der Waals surface area contributed by atoms with Crippen molar-refractivity contribution in [3.05, 3.63) is 29.8 Å². The lowest BCUT2D eigenvalue weighted by Gasteiger charge is -2.39. The molecule has 0 atom stereocenters. The molecule has 3 aliphatic rings. The molecule has 2 aliphatic heterocycles. The molecule has 0 unspecified atom stereocenters. The van der Waals surface area contributed by atoms with E-state index in [1.807, 2.05) is 4.90 Å². The number of piperazine rings is 1. The van der Waals surface area contributed by atoms with Crippen molar-refractivity contribution < 1.29 is 9.59 Å². The van der Waals surface area contributed by atoms with Gasteiger partial charge in [0.2, 0.25) is 11.8 Å². The van der Waals surface area contributed by atoms with E-state index in [-0.39, 0.29) is 11.8 Å². The third-order valence-corrected chi connectivity index (χ3v) is 6.80. The number of carbonyl (C=O) groups excluding carboxylic acids is 2. The molecule has 1 aromatic carbocycles. The van der Waals surface area contributed by atoms with E-state index in [4.69, 9.17) is 0 Å². The molecule has 2 heterocycles. The largest absolute Gasteiger partial charge is 0.368 e. The van der Waals surface area contributed by atoms with E-state index < -0.39 is 0 Å². The summed E-state index contributed by atoms with van der Waals surface area (Å²) in [5, 5.41) is 0. The molecule has 3 fully saturated rings. The maximum absolute atomic E-state index is 13.0. The molecule has 28 heavy (non-hydrogen) atoms. The second kappa shape index (κ2) is 8.54. The summed E-state index contributed by atoms with van der Waals surface area (Å²) in [6.45, 7) is 7.40. The lowest BCUT2D eigenvalue weighted by molar-refractivity contribution is -0.141. The van der Waals surface area contributed by atoms with Gasteiger partial charge in [-0.15, -0.1) is 0 Å². The predicted octanol–water partition coefficient (Wildman–Crippen LogP) is 3.07. The number of rotatable bonds is 3. The van der Waals surface area contributed by atoms with Gasteiger partial charge in [0.05, 0.1) is 0 Å². The molecular weight excluding hydrogens is 350 g/mol. The van der Waals surface area contributed by atoms with E-state index in [1.165, 1.54) is 11.3 Å². The Bertz CT molecular complexity index is 698. The van der Waals surface area contributed by atoms with E-state index >= 15 is 0 Å². The Labute approximate surface area is 168 Å². The van der Waals surface area contributed by atoms with Crippen LogP contribution in [0.3, 0.4) is 0 Å². The van der Waals surface area contributed by atoms with Crippen LogP contribution in [0.2, 0.25) is 0 Å². The molecular formula is C23H33N3O2. The Morgan fingerprint density at radius 3 is 1.86 bits per heavy atom. The lowest BCUT2D eigenvalue weighted by Crippen LogP contribution is -2.51. The van der Waals surface area contributed by atoms with Crippen molar-refractivity contribution in [2.45, 2.75) is 45.4 Å². The predicted molar refractivity (Wildman–Crippen MR) is 111 cm³/mol. The zero-order chi connectivity index (χ0) is 19.5. The summed E-state index contributed by atoms with van der Waals surface area (Å²) in [4.78, 5) is 32.1. The smallest absolute Gasteiger partial charge is 0.225 e. The highest BCUT2D eigenvalue weighted by Crippen LogP contribution is 2.32. The molecule has 2 amide bonds. The molecule has 1 saturated carbocycles. The van der Waals surface area contributed by atoms with Gasteiger partial charge in [0, 0.05) is 56.8 Å².